The minimum atomic E-state index is -0.549. The van der Waals surface area contributed by atoms with E-state index < -0.39 is 5.91 Å². The zero-order valence-electron chi connectivity index (χ0n) is 7.53. The molecule has 1 heterocycles. The minimum absolute atomic E-state index is 0. The number of carbonyl (C=O) groups excluding carboxylic acids is 1. The largest absolute Gasteiger partial charge is 0.364 e. The summed E-state index contributed by atoms with van der Waals surface area (Å²) in [4.78, 5) is 18.0. The summed E-state index contributed by atoms with van der Waals surface area (Å²) in [5.74, 6) is -0.549. The van der Waals surface area contributed by atoms with Gasteiger partial charge in [0.25, 0.3) is 5.91 Å². The van der Waals surface area contributed by atoms with Gasteiger partial charge in [0.1, 0.15) is 5.69 Å². The molecule has 0 fully saturated rings. The Labute approximate surface area is 73.3 Å². The van der Waals surface area contributed by atoms with Crippen molar-refractivity contribution in [1.29, 1.82) is 0 Å². The molecule has 0 radical (unpaired) electrons. The second-order valence-corrected chi connectivity index (χ2v) is 1.91. The number of aromatic nitrogens is 2. The second-order valence-electron chi connectivity index (χ2n) is 1.91. The molecule has 0 aromatic carbocycles. The summed E-state index contributed by atoms with van der Waals surface area (Å²) in [6.45, 7) is 5.79. The molecule has 12 heavy (non-hydrogen) atoms. The highest BCUT2D eigenvalue weighted by Crippen LogP contribution is 1.91. The Balaban J connectivity index is 0. The summed E-state index contributed by atoms with van der Waals surface area (Å²) < 4.78 is 0. The SMILES string of the molecule is CC.Cc1cnc(C(N)=O)cn1.[HH]. The third kappa shape index (κ3) is 3.09. The van der Waals surface area contributed by atoms with Crippen LogP contribution in [-0.4, -0.2) is 15.9 Å². The maximum atomic E-state index is 10.4. The van der Waals surface area contributed by atoms with E-state index in [2.05, 4.69) is 9.97 Å². The lowest BCUT2D eigenvalue weighted by atomic mass is 10.4. The van der Waals surface area contributed by atoms with E-state index in [4.69, 9.17) is 5.73 Å². The summed E-state index contributed by atoms with van der Waals surface area (Å²) >= 11 is 0. The fourth-order valence-corrected chi connectivity index (χ4v) is 0.520. The smallest absolute Gasteiger partial charge is 0.268 e. The molecule has 1 aromatic heterocycles. The summed E-state index contributed by atoms with van der Waals surface area (Å²) in [6, 6.07) is 0. The number of rotatable bonds is 1. The normalized spacial score (nSPS) is 8.25. The van der Waals surface area contributed by atoms with Crippen LogP contribution < -0.4 is 5.73 Å². The molecule has 0 saturated carbocycles. The van der Waals surface area contributed by atoms with E-state index in [0.29, 0.717) is 0 Å². The monoisotopic (exact) mass is 169 g/mol. The average Bonchev–Trinajstić information content (AvgIpc) is 2.09. The van der Waals surface area contributed by atoms with Crippen molar-refractivity contribution < 1.29 is 6.22 Å². The molecule has 0 bridgehead atoms. The molecule has 2 N–H and O–H groups in total. The van der Waals surface area contributed by atoms with Gasteiger partial charge in [0.15, 0.2) is 0 Å². The molecule has 0 atom stereocenters. The molecule has 1 amide bonds. The fraction of sp³-hybridized carbons (Fsp3) is 0.375. The highest BCUT2D eigenvalue weighted by Gasteiger charge is 1.99. The molecule has 0 saturated heterocycles. The summed E-state index contributed by atoms with van der Waals surface area (Å²) in [5.41, 5.74) is 5.89. The van der Waals surface area contributed by atoms with Crippen LogP contribution in [0.15, 0.2) is 12.4 Å². The standard InChI is InChI=1S/C6H7N3O.C2H6.H2/c1-4-2-9-5(3-8-4)6(7)10;1-2;/h2-3H,1H3,(H2,7,10);1-2H3;1H. The van der Waals surface area contributed by atoms with Gasteiger partial charge in [-0.25, -0.2) is 4.98 Å². The van der Waals surface area contributed by atoms with Gasteiger partial charge in [0, 0.05) is 7.62 Å². The molecule has 0 spiro atoms. The Kier molecular flexibility index (Phi) is 4.60. The van der Waals surface area contributed by atoms with E-state index in [1.54, 1.807) is 6.92 Å². The van der Waals surface area contributed by atoms with Crippen LogP contribution in [0.1, 0.15) is 31.5 Å². The first kappa shape index (κ1) is 10.6. The Hall–Kier alpha value is -1.45. The predicted molar refractivity (Wildman–Crippen MR) is 48.7 cm³/mol. The molecule has 0 aliphatic carbocycles. The van der Waals surface area contributed by atoms with Gasteiger partial charge in [-0.15, -0.1) is 0 Å². The van der Waals surface area contributed by atoms with E-state index >= 15 is 0 Å². The van der Waals surface area contributed by atoms with Crippen molar-refractivity contribution in [2.75, 3.05) is 0 Å². The number of carbonyl (C=O) groups is 1. The van der Waals surface area contributed by atoms with Crippen LogP contribution in [0.4, 0.5) is 0 Å². The van der Waals surface area contributed by atoms with Crippen molar-refractivity contribution in [3.05, 3.63) is 23.8 Å². The third-order valence-corrected chi connectivity index (χ3v) is 1.03. The fourth-order valence-electron chi connectivity index (χ4n) is 0.520. The van der Waals surface area contributed by atoms with Crippen LogP contribution in [0.25, 0.3) is 0 Å². The molecule has 1 aromatic rings. The maximum absolute atomic E-state index is 10.4. The van der Waals surface area contributed by atoms with Gasteiger partial charge in [-0.1, -0.05) is 13.8 Å². The highest BCUT2D eigenvalue weighted by atomic mass is 16.1. The highest BCUT2D eigenvalue weighted by molar-refractivity contribution is 5.90. The van der Waals surface area contributed by atoms with Crippen molar-refractivity contribution in [3.63, 3.8) is 0 Å². The first-order valence-corrected chi connectivity index (χ1v) is 3.78. The lowest BCUT2D eigenvalue weighted by Crippen LogP contribution is -2.13. The van der Waals surface area contributed by atoms with Gasteiger partial charge in [0.05, 0.1) is 11.9 Å². The number of hydrogen-bond donors (Lipinski definition) is 1. The minimum Gasteiger partial charge on any atom is -0.364 e. The van der Waals surface area contributed by atoms with E-state index in [-0.39, 0.29) is 7.12 Å². The Morgan fingerprint density at radius 3 is 2.33 bits per heavy atom. The molecule has 4 nitrogen and oxygen atoms in total. The Morgan fingerprint density at radius 2 is 2.00 bits per heavy atom. The predicted octanol–water partition coefficient (Wildman–Crippen LogP) is 1.16. The van der Waals surface area contributed by atoms with Crippen LogP contribution in [0, 0.1) is 6.92 Å². The van der Waals surface area contributed by atoms with Crippen molar-refractivity contribution >= 4 is 5.91 Å². The second kappa shape index (κ2) is 5.23. The quantitative estimate of drug-likeness (QED) is 0.685. The zero-order chi connectivity index (χ0) is 9.56. The summed E-state index contributed by atoms with van der Waals surface area (Å²) in [6.07, 6.45) is 2.86. The first-order chi connectivity index (χ1) is 5.70. The van der Waals surface area contributed by atoms with E-state index in [9.17, 15) is 4.79 Å². The van der Waals surface area contributed by atoms with Crippen LogP contribution in [0.2, 0.25) is 0 Å². The van der Waals surface area contributed by atoms with Gasteiger partial charge in [-0.2, -0.15) is 0 Å². The maximum Gasteiger partial charge on any atom is 0.268 e. The van der Waals surface area contributed by atoms with Crippen LogP contribution in [0.5, 0.6) is 0 Å². The number of amides is 1. The van der Waals surface area contributed by atoms with Crippen molar-refractivity contribution in [2.24, 2.45) is 5.73 Å². The van der Waals surface area contributed by atoms with Crippen molar-refractivity contribution in [2.45, 2.75) is 20.8 Å². The summed E-state index contributed by atoms with van der Waals surface area (Å²) in [5, 5.41) is 0. The Bertz CT molecular complexity index is 248. The van der Waals surface area contributed by atoms with Gasteiger partial charge in [0.2, 0.25) is 0 Å². The lowest BCUT2D eigenvalue weighted by molar-refractivity contribution is 0.0995. The van der Waals surface area contributed by atoms with E-state index in [1.807, 2.05) is 13.8 Å². The molecular weight excluding hydrogens is 154 g/mol. The lowest BCUT2D eigenvalue weighted by Gasteiger charge is -1.92. The average molecular weight is 169 g/mol. The van der Waals surface area contributed by atoms with Crippen molar-refractivity contribution in [3.8, 4) is 0 Å². The molecule has 1 rings (SSSR count). The first-order valence-electron chi connectivity index (χ1n) is 3.78. The summed E-state index contributed by atoms with van der Waals surface area (Å²) in [7, 11) is 0. The number of nitrogens with zero attached hydrogens (tertiary/aromatic N) is 2. The van der Waals surface area contributed by atoms with Gasteiger partial charge >= 0.3 is 0 Å². The number of primary amides is 1. The third-order valence-electron chi connectivity index (χ3n) is 1.03. The molecule has 0 aliphatic heterocycles. The van der Waals surface area contributed by atoms with Gasteiger partial charge < -0.3 is 5.73 Å². The van der Waals surface area contributed by atoms with Crippen LogP contribution in [0.3, 0.4) is 0 Å². The number of nitrogens with two attached hydrogens (primary N) is 1. The molecule has 68 valence electrons. The molecule has 0 unspecified atom stereocenters. The van der Waals surface area contributed by atoms with Gasteiger partial charge in [-0.05, 0) is 6.92 Å². The van der Waals surface area contributed by atoms with E-state index in [0.717, 1.165) is 5.69 Å². The zero-order valence-corrected chi connectivity index (χ0v) is 7.53. The number of aryl methyl sites for hydroxylation is 1. The van der Waals surface area contributed by atoms with E-state index in [1.165, 1.54) is 12.4 Å². The Morgan fingerprint density at radius 1 is 1.42 bits per heavy atom. The topological polar surface area (TPSA) is 68.9 Å². The van der Waals surface area contributed by atoms with Crippen LogP contribution >= 0.6 is 0 Å². The molecule has 4 heteroatoms. The van der Waals surface area contributed by atoms with Crippen LogP contribution in [-0.2, 0) is 0 Å². The number of hydrogen-bond acceptors (Lipinski definition) is 3. The molecular formula is C8H15N3O. The van der Waals surface area contributed by atoms with Crippen molar-refractivity contribution in [1.82, 2.24) is 9.97 Å². The van der Waals surface area contributed by atoms with Gasteiger partial charge in [-0.3, -0.25) is 9.78 Å². The molecule has 0 aliphatic rings.